The van der Waals surface area contributed by atoms with Gasteiger partial charge in [-0.05, 0) is 24.8 Å². The van der Waals surface area contributed by atoms with Crippen molar-refractivity contribution in [3.8, 4) is 0 Å². The van der Waals surface area contributed by atoms with Gasteiger partial charge in [-0.3, -0.25) is 9.59 Å². The van der Waals surface area contributed by atoms with Gasteiger partial charge < -0.3 is 15.6 Å². The largest absolute Gasteiger partial charge is 0.417 e. The molecule has 0 spiro atoms. The molecule has 0 bridgehead atoms. The molecule has 1 aromatic heterocycles. The molecule has 3 rings (SSSR count). The van der Waals surface area contributed by atoms with Crippen LogP contribution in [0.15, 0.2) is 17.1 Å². The molecule has 1 saturated heterocycles. The van der Waals surface area contributed by atoms with E-state index in [1.54, 1.807) is 0 Å². The number of hydrogen-bond donors (Lipinski definition) is 2. The maximum atomic E-state index is 12.7. The van der Waals surface area contributed by atoms with Crippen molar-refractivity contribution in [3.63, 3.8) is 0 Å². The SMILES string of the molecule is NC12CCCC1CN(C(=O)c1cc(C(F)(F)F)c[nH]c1=O)C2. The summed E-state index contributed by atoms with van der Waals surface area (Å²) < 4.78 is 38.2. The van der Waals surface area contributed by atoms with Crippen molar-refractivity contribution < 1.29 is 18.0 Å². The van der Waals surface area contributed by atoms with Gasteiger partial charge >= 0.3 is 6.18 Å². The summed E-state index contributed by atoms with van der Waals surface area (Å²) in [5.74, 6) is -0.534. The van der Waals surface area contributed by atoms with E-state index in [0.29, 0.717) is 18.8 Å². The molecule has 0 aromatic carbocycles. The number of nitrogens with zero attached hydrogens (tertiary/aromatic N) is 1. The first-order chi connectivity index (χ1) is 10.2. The number of carbonyl (C=O) groups excluding carboxylic acids is 1. The Morgan fingerprint density at radius 3 is 2.82 bits per heavy atom. The Morgan fingerprint density at radius 2 is 2.18 bits per heavy atom. The van der Waals surface area contributed by atoms with E-state index >= 15 is 0 Å². The van der Waals surface area contributed by atoms with Gasteiger partial charge in [0.1, 0.15) is 5.56 Å². The lowest BCUT2D eigenvalue weighted by molar-refractivity contribution is -0.137. The van der Waals surface area contributed by atoms with Crippen LogP contribution in [-0.4, -0.2) is 34.4 Å². The minimum absolute atomic E-state index is 0.154. The highest BCUT2D eigenvalue weighted by atomic mass is 19.4. The monoisotopic (exact) mass is 315 g/mol. The van der Waals surface area contributed by atoms with Crippen molar-refractivity contribution in [2.24, 2.45) is 11.7 Å². The molecule has 1 aliphatic carbocycles. The second kappa shape index (κ2) is 4.84. The molecule has 5 nitrogen and oxygen atoms in total. The summed E-state index contributed by atoms with van der Waals surface area (Å²) >= 11 is 0. The van der Waals surface area contributed by atoms with Crippen molar-refractivity contribution in [3.05, 3.63) is 33.7 Å². The van der Waals surface area contributed by atoms with Crippen molar-refractivity contribution in [2.45, 2.75) is 31.0 Å². The molecule has 2 unspecified atom stereocenters. The predicted molar refractivity (Wildman–Crippen MR) is 72.2 cm³/mol. The number of aromatic nitrogens is 1. The predicted octanol–water partition coefficient (Wildman–Crippen LogP) is 1.35. The molecule has 22 heavy (non-hydrogen) atoms. The summed E-state index contributed by atoms with van der Waals surface area (Å²) in [7, 11) is 0. The Balaban J connectivity index is 1.89. The Bertz CT molecular complexity index is 670. The molecule has 2 aliphatic rings. The lowest BCUT2D eigenvalue weighted by Gasteiger charge is -2.23. The van der Waals surface area contributed by atoms with E-state index in [0.717, 1.165) is 19.3 Å². The molecule has 1 amide bonds. The Hall–Kier alpha value is -1.83. The summed E-state index contributed by atoms with van der Waals surface area (Å²) in [6.45, 7) is 0.678. The molecule has 1 saturated carbocycles. The molecule has 8 heteroatoms. The zero-order valence-electron chi connectivity index (χ0n) is 11.7. The van der Waals surface area contributed by atoms with Crippen LogP contribution in [0.25, 0.3) is 0 Å². The summed E-state index contributed by atoms with van der Waals surface area (Å²) in [5.41, 5.74) is 3.43. The molecule has 1 aromatic rings. The topological polar surface area (TPSA) is 79.2 Å². The minimum Gasteiger partial charge on any atom is -0.336 e. The van der Waals surface area contributed by atoms with E-state index in [-0.39, 0.29) is 12.5 Å². The number of carbonyl (C=O) groups is 1. The van der Waals surface area contributed by atoms with Gasteiger partial charge in [0.15, 0.2) is 0 Å². The summed E-state index contributed by atoms with van der Waals surface area (Å²) in [5, 5.41) is 0. The van der Waals surface area contributed by atoms with Gasteiger partial charge in [0.2, 0.25) is 0 Å². The number of H-pyrrole nitrogens is 1. The van der Waals surface area contributed by atoms with Crippen molar-refractivity contribution in [1.82, 2.24) is 9.88 Å². The van der Waals surface area contributed by atoms with E-state index in [1.165, 1.54) is 4.90 Å². The third kappa shape index (κ3) is 2.41. The van der Waals surface area contributed by atoms with Crippen LogP contribution < -0.4 is 11.3 Å². The smallest absolute Gasteiger partial charge is 0.336 e. The Kier molecular flexibility index (Phi) is 3.32. The standard InChI is InChI=1S/C14H16F3N3O2/c15-14(16,17)9-4-10(11(21)19-5-9)12(22)20-6-8-2-1-3-13(8,18)7-20/h4-5,8H,1-3,6-7,18H2,(H,19,21). The first-order valence-electron chi connectivity index (χ1n) is 7.09. The number of hydrogen-bond acceptors (Lipinski definition) is 3. The minimum atomic E-state index is -4.62. The van der Waals surface area contributed by atoms with Crippen molar-refractivity contribution in [2.75, 3.05) is 13.1 Å². The highest BCUT2D eigenvalue weighted by Gasteiger charge is 2.48. The fourth-order valence-corrected chi connectivity index (χ4v) is 3.47. The van der Waals surface area contributed by atoms with E-state index < -0.39 is 34.3 Å². The maximum Gasteiger partial charge on any atom is 0.417 e. The summed E-state index contributed by atoms with van der Waals surface area (Å²) in [6.07, 6.45) is -1.36. The van der Waals surface area contributed by atoms with E-state index in [1.807, 2.05) is 4.98 Å². The molecule has 2 heterocycles. The van der Waals surface area contributed by atoms with Gasteiger partial charge in [0, 0.05) is 24.8 Å². The third-order valence-corrected chi connectivity index (χ3v) is 4.68. The van der Waals surface area contributed by atoms with E-state index in [2.05, 4.69) is 0 Å². The molecular weight excluding hydrogens is 299 g/mol. The number of rotatable bonds is 1. The lowest BCUT2D eigenvalue weighted by Crippen LogP contribution is -2.45. The number of nitrogens with one attached hydrogen (secondary N) is 1. The molecule has 2 atom stereocenters. The van der Waals surface area contributed by atoms with Crippen LogP contribution in [0.3, 0.4) is 0 Å². The first-order valence-corrected chi connectivity index (χ1v) is 7.09. The third-order valence-electron chi connectivity index (χ3n) is 4.68. The van der Waals surface area contributed by atoms with Crippen LogP contribution in [0.2, 0.25) is 0 Å². The number of nitrogens with two attached hydrogens (primary N) is 1. The van der Waals surface area contributed by atoms with Gasteiger partial charge in [-0.2, -0.15) is 13.2 Å². The molecule has 120 valence electrons. The lowest BCUT2D eigenvalue weighted by atomic mass is 9.92. The van der Waals surface area contributed by atoms with E-state index in [9.17, 15) is 22.8 Å². The Morgan fingerprint density at radius 1 is 1.45 bits per heavy atom. The number of likely N-dealkylation sites (tertiary alicyclic amines) is 1. The average Bonchev–Trinajstić information content (AvgIpc) is 2.91. The van der Waals surface area contributed by atoms with Crippen LogP contribution in [0, 0.1) is 5.92 Å². The number of fused-ring (bicyclic) bond motifs is 1. The molecule has 3 N–H and O–H groups in total. The highest BCUT2D eigenvalue weighted by molar-refractivity contribution is 5.94. The van der Waals surface area contributed by atoms with Crippen LogP contribution in [-0.2, 0) is 6.18 Å². The fraction of sp³-hybridized carbons (Fsp3) is 0.571. The van der Waals surface area contributed by atoms with Gasteiger partial charge in [0.25, 0.3) is 11.5 Å². The van der Waals surface area contributed by atoms with Crippen LogP contribution in [0.4, 0.5) is 13.2 Å². The van der Waals surface area contributed by atoms with Gasteiger partial charge in [-0.15, -0.1) is 0 Å². The number of amides is 1. The van der Waals surface area contributed by atoms with Crippen LogP contribution in [0.1, 0.15) is 35.2 Å². The molecule has 0 radical (unpaired) electrons. The number of pyridine rings is 1. The number of halogens is 3. The summed E-state index contributed by atoms with van der Waals surface area (Å²) in [6, 6.07) is 0.610. The van der Waals surface area contributed by atoms with Crippen LogP contribution in [0.5, 0.6) is 0 Å². The second-order valence-electron chi connectivity index (χ2n) is 6.14. The normalized spacial score (nSPS) is 28.0. The second-order valence-corrected chi connectivity index (χ2v) is 6.14. The number of aromatic amines is 1. The zero-order valence-corrected chi connectivity index (χ0v) is 11.7. The van der Waals surface area contributed by atoms with Gasteiger partial charge in [0.05, 0.1) is 5.56 Å². The quantitative estimate of drug-likeness (QED) is 0.821. The van der Waals surface area contributed by atoms with Gasteiger partial charge in [-0.1, -0.05) is 6.42 Å². The van der Waals surface area contributed by atoms with Crippen molar-refractivity contribution in [1.29, 1.82) is 0 Å². The highest BCUT2D eigenvalue weighted by Crippen LogP contribution is 2.40. The first kappa shape index (κ1) is 15.1. The zero-order chi connectivity index (χ0) is 16.1. The summed E-state index contributed by atoms with van der Waals surface area (Å²) in [4.78, 5) is 27.5. The van der Waals surface area contributed by atoms with Crippen LogP contribution >= 0.6 is 0 Å². The fourth-order valence-electron chi connectivity index (χ4n) is 3.47. The Labute approximate surface area is 124 Å². The van der Waals surface area contributed by atoms with E-state index in [4.69, 9.17) is 5.73 Å². The molecular formula is C14H16F3N3O2. The van der Waals surface area contributed by atoms with Crippen molar-refractivity contribution >= 4 is 5.91 Å². The maximum absolute atomic E-state index is 12.7. The van der Waals surface area contributed by atoms with Gasteiger partial charge in [-0.25, -0.2) is 0 Å². The molecule has 2 fully saturated rings. The molecule has 1 aliphatic heterocycles. The number of alkyl halides is 3. The average molecular weight is 315 g/mol.